The van der Waals surface area contributed by atoms with Crippen LogP contribution in [0.3, 0.4) is 0 Å². The summed E-state index contributed by atoms with van der Waals surface area (Å²) >= 11 is 0. The van der Waals surface area contributed by atoms with E-state index in [4.69, 9.17) is 9.72 Å². The third kappa shape index (κ3) is 3.36. The van der Waals surface area contributed by atoms with E-state index in [9.17, 15) is 10.1 Å². The minimum absolute atomic E-state index is 0.158. The third-order valence-electron chi connectivity index (χ3n) is 5.73. The Labute approximate surface area is 169 Å². The van der Waals surface area contributed by atoms with Crippen LogP contribution < -0.4 is 5.32 Å². The normalized spacial score (nSPS) is 18.7. The maximum absolute atomic E-state index is 11.4. The van der Waals surface area contributed by atoms with Crippen LogP contribution >= 0.6 is 0 Å². The van der Waals surface area contributed by atoms with Crippen molar-refractivity contribution in [3.63, 3.8) is 0 Å². The molecule has 3 aromatic heterocycles. The van der Waals surface area contributed by atoms with Crippen LogP contribution in [0.2, 0.25) is 0 Å². The summed E-state index contributed by atoms with van der Waals surface area (Å²) in [6.07, 6.45) is 5.52. The predicted molar refractivity (Wildman–Crippen MR) is 110 cm³/mol. The van der Waals surface area contributed by atoms with E-state index in [1.165, 1.54) is 6.92 Å². The average molecular weight is 389 g/mol. The minimum atomic E-state index is -0.174. The van der Waals surface area contributed by atoms with Crippen LogP contribution in [0, 0.1) is 11.3 Å². The van der Waals surface area contributed by atoms with Gasteiger partial charge in [-0.15, -0.1) is 0 Å². The Balaban J connectivity index is 1.90. The fourth-order valence-corrected chi connectivity index (χ4v) is 4.00. The molecule has 7 heteroatoms. The molecule has 4 heterocycles. The summed E-state index contributed by atoms with van der Waals surface area (Å²) in [5, 5.41) is 13.3. The van der Waals surface area contributed by atoms with Crippen LogP contribution in [0.1, 0.15) is 37.9 Å². The van der Waals surface area contributed by atoms with Crippen molar-refractivity contribution in [3.05, 3.63) is 41.9 Å². The van der Waals surface area contributed by atoms with Crippen molar-refractivity contribution in [3.8, 4) is 17.3 Å². The van der Waals surface area contributed by atoms with E-state index in [1.54, 1.807) is 6.20 Å². The maximum atomic E-state index is 11.4. The Morgan fingerprint density at radius 1 is 1.41 bits per heavy atom. The Hall–Kier alpha value is -3.24. The first-order chi connectivity index (χ1) is 14.0. The lowest BCUT2D eigenvalue weighted by Crippen LogP contribution is -2.27. The Kier molecular flexibility index (Phi) is 4.81. The van der Waals surface area contributed by atoms with Gasteiger partial charge in [0.2, 0.25) is 5.91 Å². The van der Waals surface area contributed by atoms with Gasteiger partial charge in [0.1, 0.15) is 5.82 Å². The number of rotatable bonds is 4. The number of nitrogens with one attached hydrogen (secondary N) is 1. The highest BCUT2D eigenvalue weighted by Crippen LogP contribution is 2.38. The van der Waals surface area contributed by atoms with Gasteiger partial charge in [-0.25, -0.2) is 4.98 Å². The molecule has 29 heavy (non-hydrogen) atoms. The van der Waals surface area contributed by atoms with Gasteiger partial charge in [0.25, 0.3) is 0 Å². The smallest absolute Gasteiger partial charge is 0.222 e. The predicted octanol–water partition coefficient (Wildman–Crippen LogP) is 3.53. The number of carbonyl (C=O) groups is 1. The number of aromatic nitrogens is 3. The van der Waals surface area contributed by atoms with Crippen molar-refractivity contribution >= 4 is 22.6 Å². The molecule has 0 radical (unpaired) electrons. The second-order valence-electron chi connectivity index (χ2n) is 7.60. The summed E-state index contributed by atoms with van der Waals surface area (Å²) in [5.74, 6) is 0.315. The second-order valence-corrected chi connectivity index (χ2v) is 7.60. The van der Waals surface area contributed by atoms with Crippen molar-refractivity contribution in [2.75, 3.05) is 18.5 Å². The molecule has 0 spiro atoms. The SMILES string of the molecule is CCC1(c2cc(C#N)cc(-c3cn(C)c4cnc(NC(C)=O)cc34)n2)CCOC1. The van der Waals surface area contributed by atoms with E-state index in [0.29, 0.717) is 24.6 Å². The Morgan fingerprint density at radius 2 is 2.24 bits per heavy atom. The van der Waals surface area contributed by atoms with Crippen LogP contribution in [0.15, 0.2) is 30.6 Å². The molecule has 1 unspecified atom stereocenters. The van der Waals surface area contributed by atoms with E-state index in [-0.39, 0.29) is 11.3 Å². The van der Waals surface area contributed by atoms with Gasteiger partial charge in [-0.05, 0) is 31.0 Å². The number of nitriles is 1. The first-order valence-corrected chi connectivity index (χ1v) is 9.69. The van der Waals surface area contributed by atoms with Crippen molar-refractivity contribution < 1.29 is 9.53 Å². The topological polar surface area (TPSA) is 92.8 Å². The van der Waals surface area contributed by atoms with Gasteiger partial charge in [0, 0.05) is 43.1 Å². The maximum Gasteiger partial charge on any atom is 0.222 e. The average Bonchev–Trinajstić information content (AvgIpc) is 3.33. The monoisotopic (exact) mass is 389 g/mol. The fourth-order valence-electron chi connectivity index (χ4n) is 4.00. The van der Waals surface area contributed by atoms with Crippen LogP contribution in [-0.4, -0.2) is 33.7 Å². The summed E-state index contributed by atoms with van der Waals surface area (Å²) in [6, 6.07) is 7.83. The number of carbonyl (C=O) groups excluding carboxylic acids is 1. The molecule has 1 N–H and O–H groups in total. The molecule has 1 amide bonds. The number of aryl methyl sites for hydroxylation is 1. The zero-order chi connectivity index (χ0) is 20.6. The molecule has 1 aliphatic rings. The quantitative estimate of drug-likeness (QED) is 0.737. The van der Waals surface area contributed by atoms with Crippen molar-refractivity contribution in [2.45, 2.75) is 32.1 Å². The van der Waals surface area contributed by atoms with Gasteiger partial charge < -0.3 is 14.6 Å². The van der Waals surface area contributed by atoms with Gasteiger partial charge in [-0.1, -0.05) is 6.92 Å². The summed E-state index contributed by atoms with van der Waals surface area (Å²) in [6.45, 7) is 4.92. The largest absolute Gasteiger partial charge is 0.380 e. The van der Waals surface area contributed by atoms with E-state index in [1.807, 2.05) is 36.0 Å². The Morgan fingerprint density at radius 3 is 2.90 bits per heavy atom. The summed E-state index contributed by atoms with van der Waals surface area (Å²) < 4.78 is 7.65. The highest BCUT2D eigenvalue weighted by atomic mass is 16.5. The van der Waals surface area contributed by atoms with Gasteiger partial charge in [0.15, 0.2) is 0 Å². The number of ether oxygens (including phenoxy) is 1. The molecule has 148 valence electrons. The highest BCUT2D eigenvalue weighted by Gasteiger charge is 2.37. The molecule has 1 aliphatic heterocycles. The van der Waals surface area contributed by atoms with Crippen LogP contribution in [0.5, 0.6) is 0 Å². The van der Waals surface area contributed by atoms with E-state index in [0.717, 1.165) is 40.7 Å². The van der Waals surface area contributed by atoms with Gasteiger partial charge in [0.05, 0.1) is 41.3 Å². The first-order valence-electron chi connectivity index (χ1n) is 9.69. The van der Waals surface area contributed by atoms with E-state index in [2.05, 4.69) is 23.3 Å². The number of anilines is 1. The number of fused-ring (bicyclic) bond motifs is 1. The first kappa shape index (κ1) is 19.1. The van der Waals surface area contributed by atoms with Gasteiger partial charge in [-0.3, -0.25) is 9.78 Å². The molecule has 1 saturated heterocycles. The van der Waals surface area contributed by atoms with E-state index < -0.39 is 0 Å². The van der Waals surface area contributed by atoms with Crippen molar-refractivity contribution in [2.24, 2.45) is 7.05 Å². The summed E-state index contributed by atoms with van der Waals surface area (Å²) in [7, 11) is 1.94. The molecule has 7 nitrogen and oxygen atoms in total. The molecule has 4 rings (SSSR count). The lowest BCUT2D eigenvalue weighted by Gasteiger charge is -2.25. The lowest BCUT2D eigenvalue weighted by molar-refractivity contribution is -0.114. The molecule has 3 aromatic rings. The minimum Gasteiger partial charge on any atom is -0.380 e. The molecule has 1 atom stereocenters. The number of pyridine rings is 2. The molecular formula is C22H23N5O2. The van der Waals surface area contributed by atoms with Crippen molar-refractivity contribution in [1.82, 2.24) is 14.5 Å². The molecular weight excluding hydrogens is 366 g/mol. The van der Waals surface area contributed by atoms with Gasteiger partial charge >= 0.3 is 0 Å². The molecule has 1 fully saturated rings. The fraction of sp³-hybridized carbons (Fsp3) is 0.364. The molecule has 0 saturated carbocycles. The standard InChI is InChI=1S/C22H23N5O2/c1-4-22(5-6-29-13-22)20-8-15(10-23)7-18(26-20)17-12-27(3)19-11-24-21(9-16(17)19)25-14(2)28/h7-9,11-12H,4-6,13H2,1-3H3,(H,24,25,28). The summed E-state index contributed by atoms with van der Waals surface area (Å²) in [4.78, 5) is 20.7. The second kappa shape index (κ2) is 7.30. The lowest BCUT2D eigenvalue weighted by atomic mass is 9.80. The van der Waals surface area contributed by atoms with Crippen LogP contribution in [0.25, 0.3) is 22.2 Å². The third-order valence-corrected chi connectivity index (χ3v) is 5.73. The number of hydrogen-bond acceptors (Lipinski definition) is 5. The molecule has 0 aromatic carbocycles. The highest BCUT2D eigenvalue weighted by molar-refractivity contribution is 5.98. The zero-order valence-electron chi connectivity index (χ0n) is 16.8. The molecule has 0 bridgehead atoms. The van der Waals surface area contributed by atoms with Crippen LogP contribution in [-0.2, 0) is 22.0 Å². The Bertz CT molecular complexity index is 1140. The number of hydrogen-bond donors (Lipinski definition) is 1. The van der Waals surface area contributed by atoms with Gasteiger partial charge in [-0.2, -0.15) is 5.26 Å². The van der Waals surface area contributed by atoms with Crippen molar-refractivity contribution in [1.29, 1.82) is 5.26 Å². The summed E-state index contributed by atoms with van der Waals surface area (Å²) in [5.41, 5.74) is 3.89. The zero-order valence-corrected chi connectivity index (χ0v) is 16.8. The number of amides is 1. The van der Waals surface area contributed by atoms with Crippen LogP contribution in [0.4, 0.5) is 5.82 Å². The van der Waals surface area contributed by atoms with E-state index >= 15 is 0 Å². The number of nitrogens with zero attached hydrogens (tertiary/aromatic N) is 4. The molecule has 0 aliphatic carbocycles.